The first-order valence-electron chi connectivity index (χ1n) is 5.02. The molecule has 0 aromatic heterocycles. The van der Waals surface area contributed by atoms with E-state index < -0.39 is 10.7 Å². The molecule has 0 bridgehead atoms. The molecule has 1 aromatic carbocycles. The molecule has 0 amide bonds. The molecule has 0 saturated heterocycles. The summed E-state index contributed by atoms with van der Waals surface area (Å²) in [6, 6.07) is 3.57. The lowest BCUT2D eigenvalue weighted by atomic mass is 10.2. The largest absolute Gasteiger partial charge is 0.272 e. The zero-order chi connectivity index (χ0) is 12.4. The highest BCUT2D eigenvalue weighted by Gasteiger charge is 2.06. The number of nitro benzene ring substituents is 1. The van der Waals surface area contributed by atoms with Gasteiger partial charge in [0.05, 0.1) is 11.0 Å². The fourth-order valence-electron chi connectivity index (χ4n) is 0.695. The van der Waals surface area contributed by atoms with Gasteiger partial charge in [0.1, 0.15) is 5.82 Å². The summed E-state index contributed by atoms with van der Waals surface area (Å²) in [5.41, 5.74) is 0.198. The molecule has 0 aliphatic rings. The third-order valence-electron chi connectivity index (χ3n) is 1.37. The van der Waals surface area contributed by atoms with Gasteiger partial charge in [0.2, 0.25) is 0 Å². The molecule has 0 atom stereocenters. The number of hydrogen-bond donors (Lipinski definition) is 0. The first kappa shape index (κ1) is 16.0. The average molecular weight is 215 g/mol. The number of halogens is 1. The van der Waals surface area contributed by atoms with Gasteiger partial charge in [-0.3, -0.25) is 10.1 Å². The summed E-state index contributed by atoms with van der Waals surface area (Å²) < 4.78 is 12.6. The van der Waals surface area contributed by atoms with Crippen LogP contribution in [0.2, 0.25) is 0 Å². The molecule has 0 radical (unpaired) electrons. The average Bonchev–Trinajstić information content (AvgIpc) is 2.27. The Hall–Kier alpha value is -1.45. The van der Waals surface area contributed by atoms with Gasteiger partial charge in [-0.05, 0) is 18.6 Å². The molecule has 0 heterocycles. The Bertz CT molecular complexity index is 301. The van der Waals surface area contributed by atoms with Gasteiger partial charge >= 0.3 is 0 Å². The first-order chi connectivity index (χ1) is 7.11. The molecule has 0 N–H and O–H groups in total. The van der Waals surface area contributed by atoms with Gasteiger partial charge in [0.15, 0.2) is 0 Å². The molecule has 0 fully saturated rings. The van der Waals surface area contributed by atoms with Gasteiger partial charge in [0, 0.05) is 6.07 Å². The first-order valence-corrected chi connectivity index (χ1v) is 5.02. The van der Waals surface area contributed by atoms with Crippen molar-refractivity contribution in [1.82, 2.24) is 0 Å². The molecule has 0 unspecified atom stereocenters. The second kappa shape index (κ2) is 9.12. The van der Waals surface area contributed by atoms with Crippen LogP contribution in [0.15, 0.2) is 18.2 Å². The van der Waals surface area contributed by atoms with Gasteiger partial charge in [-0.1, -0.05) is 27.7 Å². The number of non-ortho nitro benzene ring substituents is 1. The van der Waals surface area contributed by atoms with Crippen LogP contribution in [0.25, 0.3) is 0 Å². The van der Waals surface area contributed by atoms with Crippen molar-refractivity contribution in [1.29, 1.82) is 0 Å². The second-order valence-corrected chi connectivity index (χ2v) is 2.19. The smallest absolute Gasteiger partial charge is 0.258 e. The monoisotopic (exact) mass is 215 g/mol. The van der Waals surface area contributed by atoms with E-state index in [2.05, 4.69) is 0 Å². The number of benzene rings is 1. The van der Waals surface area contributed by atoms with Crippen molar-refractivity contribution in [2.75, 3.05) is 0 Å². The van der Waals surface area contributed by atoms with E-state index in [1.807, 2.05) is 27.7 Å². The number of aryl methyl sites for hydroxylation is 1. The Morgan fingerprint density at radius 1 is 1.20 bits per heavy atom. The fraction of sp³-hybridized carbons (Fsp3) is 0.455. The summed E-state index contributed by atoms with van der Waals surface area (Å²) in [5, 5.41) is 10.1. The normalized spacial score (nSPS) is 7.87. The van der Waals surface area contributed by atoms with Crippen LogP contribution in [0.5, 0.6) is 0 Å². The quantitative estimate of drug-likeness (QED) is 0.523. The molecule has 3 nitrogen and oxygen atoms in total. The Labute approximate surface area is 90.1 Å². The Kier molecular flexibility index (Phi) is 9.73. The van der Waals surface area contributed by atoms with Crippen LogP contribution in [0.1, 0.15) is 33.3 Å². The van der Waals surface area contributed by atoms with Crippen LogP contribution < -0.4 is 0 Å². The van der Waals surface area contributed by atoms with Gasteiger partial charge in [-0.25, -0.2) is 4.39 Å². The van der Waals surface area contributed by atoms with E-state index in [0.29, 0.717) is 5.56 Å². The molecule has 1 aromatic rings. The lowest BCUT2D eigenvalue weighted by Gasteiger charge is -1.93. The molecule has 4 heteroatoms. The topological polar surface area (TPSA) is 43.1 Å². The zero-order valence-electron chi connectivity index (χ0n) is 9.87. The minimum absolute atomic E-state index is 0.215. The van der Waals surface area contributed by atoms with Crippen molar-refractivity contribution in [3.8, 4) is 0 Å². The molecule has 1 rings (SSSR count). The third-order valence-corrected chi connectivity index (χ3v) is 1.37. The van der Waals surface area contributed by atoms with Crippen LogP contribution in [0.3, 0.4) is 0 Å². The van der Waals surface area contributed by atoms with E-state index >= 15 is 0 Å². The van der Waals surface area contributed by atoms with E-state index in [0.717, 1.165) is 6.07 Å². The maximum Gasteiger partial charge on any atom is 0.272 e. The van der Waals surface area contributed by atoms with Crippen molar-refractivity contribution in [3.63, 3.8) is 0 Å². The Balaban J connectivity index is 0. The SMILES string of the molecule is CC.CC.Cc1ccc([N+](=O)[O-])cc1F. The standard InChI is InChI=1S/C7H6FNO2.2C2H6/c1-5-2-3-6(9(10)11)4-7(5)8;2*1-2/h2-4H,1H3;2*1-2H3. The summed E-state index contributed by atoms with van der Waals surface area (Å²) >= 11 is 0. The summed E-state index contributed by atoms with van der Waals surface area (Å²) in [4.78, 5) is 9.48. The molecule has 0 aliphatic heterocycles. The molecular formula is C11H18FNO2. The minimum Gasteiger partial charge on any atom is -0.258 e. The molecule has 15 heavy (non-hydrogen) atoms. The van der Waals surface area contributed by atoms with Crippen molar-refractivity contribution >= 4 is 5.69 Å². The van der Waals surface area contributed by atoms with E-state index in [4.69, 9.17) is 0 Å². The van der Waals surface area contributed by atoms with Crippen molar-refractivity contribution < 1.29 is 9.31 Å². The number of rotatable bonds is 1. The third kappa shape index (κ3) is 5.78. The fourth-order valence-corrected chi connectivity index (χ4v) is 0.695. The van der Waals surface area contributed by atoms with Crippen molar-refractivity contribution in [2.45, 2.75) is 34.6 Å². The van der Waals surface area contributed by atoms with E-state index in [1.54, 1.807) is 6.92 Å². The number of nitrogens with zero attached hydrogens (tertiary/aromatic N) is 1. The van der Waals surface area contributed by atoms with Crippen LogP contribution in [-0.4, -0.2) is 4.92 Å². The molecular weight excluding hydrogens is 197 g/mol. The second-order valence-electron chi connectivity index (χ2n) is 2.19. The van der Waals surface area contributed by atoms with E-state index in [9.17, 15) is 14.5 Å². The molecule has 0 saturated carbocycles. The zero-order valence-corrected chi connectivity index (χ0v) is 9.87. The highest BCUT2D eigenvalue weighted by molar-refractivity contribution is 5.33. The summed E-state index contributed by atoms with van der Waals surface area (Å²) in [6.07, 6.45) is 0. The van der Waals surface area contributed by atoms with Gasteiger partial charge < -0.3 is 0 Å². The van der Waals surface area contributed by atoms with Gasteiger partial charge in [-0.2, -0.15) is 0 Å². The van der Waals surface area contributed by atoms with Gasteiger partial charge in [-0.15, -0.1) is 0 Å². The van der Waals surface area contributed by atoms with Crippen LogP contribution in [0, 0.1) is 22.9 Å². The number of nitro groups is 1. The highest BCUT2D eigenvalue weighted by atomic mass is 19.1. The van der Waals surface area contributed by atoms with Crippen molar-refractivity contribution in [3.05, 3.63) is 39.7 Å². The maximum absolute atomic E-state index is 12.6. The maximum atomic E-state index is 12.6. The highest BCUT2D eigenvalue weighted by Crippen LogP contribution is 2.14. The lowest BCUT2D eigenvalue weighted by Crippen LogP contribution is -1.89. The van der Waals surface area contributed by atoms with E-state index in [-0.39, 0.29) is 5.69 Å². The van der Waals surface area contributed by atoms with Crippen LogP contribution >= 0.6 is 0 Å². The Morgan fingerprint density at radius 2 is 1.67 bits per heavy atom. The van der Waals surface area contributed by atoms with Crippen LogP contribution in [-0.2, 0) is 0 Å². The van der Waals surface area contributed by atoms with E-state index in [1.165, 1.54) is 12.1 Å². The molecule has 86 valence electrons. The predicted octanol–water partition coefficient (Wildman–Crippen LogP) is 4.09. The lowest BCUT2D eigenvalue weighted by molar-refractivity contribution is -0.385. The van der Waals surface area contributed by atoms with Crippen LogP contribution in [0.4, 0.5) is 10.1 Å². The summed E-state index contributed by atoms with van der Waals surface area (Å²) in [6.45, 7) is 9.55. The van der Waals surface area contributed by atoms with Crippen molar-refractivity contribution in [2.24, 2.45) is 0 Å². The summed E-state index contributed by atoms with van der Waals surface area (Å²) in [5.74, 6) is -0.542. The molecule has 0 aliphatic carbocycles. The Morgan fingerprint density at radius 3 is 2.00 bits per heavy atom. The molecule has 0 spiro atoms. The predicted molar refractivity (Wildman–Crippen MR) is 60.5 cm³/mol. The minimum atomic E-state index is -0.622. The van der Waals surface area contributed by atoms with Gasteiger partial charge in [0.25, 0.3) is 5.69 Å². The number of hydrogen-bond acceptors (Lipinski definition) is 2. The summed E-state index contributed by atoms with van der Waals surface area (Å²) in [7, 11) is 0.